The van der Waals surface area contributed by atoms with Gasteiger partial charge >= 0.3 is 0 Å². The van der Waals surface area contributed by atoms with E-state index in [9.17, 15) is 4.39 Å². The monoisotopic (exact) mass is 354 g/mol. The van der Waals surface area contributed by atoms with Gasteiger partial charge in [0, 0.05) is 17.2 Å². The Kier molecular flexibility index (Phi) is 4.67. The summed E-state index contributed by atoms with van der Waals surface area (Å²) in [6, 6.07) is 12.5. The first-order valence-corrected chi connectivity index (χ1v) is 8.97. The molecular weight excluding hydrogens is 331 g/mol. The van der Waals surface area contributed by atoms with E-state index in [-0.39, 0.29) is 5.82 Å². The standard InChI is InChI=1S/C20H21FN4O/c1-15-18(23-26-20(15)16-5-7-17(21)8-6-16)14-24-10-12-25(13-11-24)19-4-2-3-9-22-19/h2-9H,10-14H2,1H3/p+2. The summed E-state index contributed by atoms with van der Waals surface area (Å²) >= 11 is 0. The number of quaternary nitrogens is 1. The van der Waals surface area contributed by atoms with Gasteiger partial charge in [-0.1, -0.05) is 11.2 Å². The first-order valence-electron chi connectivity index (χ1n) is 8.97. The normalized spacial score (nSPS) is 15.4. The van der Waals surface area contributed by atoms with E-state index in [1.54, 1.807) is 12.1 Å². The van der Waals surface area contributed by atoms with Crippen molar-refractivity contribution in [3.63, 3.8) is 0 Å². The Balaban J connectivity index is 1.40. The predicted octanol–water partition coefficient (Wildman–Crippen LogP) is 1.51. The molecule has 0 amide bonds. The summed E-state index contributed by atoms with van der Waals surface area (Å²) in [5.74, 6) is 1.66. The van der Waals surface area contributed by atoms with Crippen LogP contribution in [0.25, 0.3) is 11.3 Å². The van der Waals surface area contributed by atoms with E-state index in [0.29, 0.717) is 0 Å². The number of rotatable bonds is 4. The third kappa shape index (κ3) is 3.46. The van der Waals surface area contributed by atoms with Crippen molar-refractivity contribution in [1.29, 1.82) is 0 Å². The summed E-state index contributed by atoms with van der Waals surface area (Å²) < 4.78 is 18.7. The Bertz CT molecular complexity index is 855. The summed E-state index contributed by atoms with van der Waals surface area (Å²) in [6.45, 7) is 7.01. The van der Waals surface area contributed by atoms with Crippen molar-refractivity contribution in [1.82, 2.24) is 5.16 Å². The molecule has 2 aromatic heterocycles. The molecule has 1 aliphatic heterocycles. The number of nitrogens with one attached hydrogen (secondary N) is 2. The first kappa shape index (κ1) is 16.7. The summed E-state index contributed by atoms with van der Waals surface area (Å²) in [6.07, 6.45) is 1.96. The maximum Gasteiger partial charge on any atom is 0.274 e. The number of hydrogen-bond acceptors (Lipinski definition) is 3. The SMILES string of the molecule is Cc1c(C[NH+]2CCN(c3cccc[nH+]3)CC2)noc1-c1ccc(F)cc1. The second kappa shape index (κ2) is 7.25. The molecule has 0 unspecified atom stereocenters. The van der Waals surface area contributed by atoms with Crippen LogP contribution in [0.3, 0.4) is 0 Å². The van der Waals surface area contributed by atoms with Gasteiger partial charge in [-0.05, 0) is 37.3 Å². The van der Waals surface area contributed by atoms with Gasteiger partial charge in [-0.2, -0.15) is 0 Å². The van der Waals surface area contributed by atoms with Crippen LogP contribution in [0.2, 0.25) is 0 Å². The molecule has 3 heterocycles. The molecule has 0 spiro atoms. The average molecular weight is 354 g/mol. The maximum atomic E-state index is 13.1. The molecule has 1 saturated heterocycles. The van der Waals surface area contributed by atoms with E-state index in [0.717, 1.165) is 55.3 Å². The molecule has 0 atom stereocenters. The van der Waals surface area contributed by atoms with Crippen LogP contribution >= 0.6 is 0 Å². The number of anilines is 1. The number of benzene rings is 1. The highest BCUT2D eigenvalue weighted by molar-refractivity contribution is 5.61. The van der Waals surface area contributed by atoms with Crippen LogP contribution in [0.15, 0.2) is 53.2 Å². The van der Waals surface area contributed by atoms with E-state index in [1.165, 1.54) is 22.9 Å². The van der Waals surface area contributed by atoms with E-state index >= 15 is 0 Å². The molecule has 134 valence electrons. The smallest absolute Gasteiger partial charge is 0.274 e. The molecule has 0 saturated carbocycles. The highest BCUT2D eigenvalue weighted by Crippen LogP contribution is 2.25. The Labute approximate surface area is 152 Å². The molecule has 5 nitrogen and oxygen atoms in total. The number of H-pyrrole nitrogens is 1. The zero-order valence-electron chi connectivity index (χ0n) is 14.8. The number of pyridine rings is 1. The number of nitrogens with zero attached hydrogens (tertiary/aromatic N) is 2. The van der Waals surface area contributed by atoms with Gasteiger partial charge in [0.2, 0.25) is 0 Å². The third-order valence-corrected chi connectivity index (χ3v) is 5.05. The van der Waals surface area contributed by atoms with Crippen LogP contribution in [0.4, 0.5) is 10.2 Å². The van der Waals surface area contributed by atoms with Crippen LogP contribution in [0, 0.1) is 12.7 Å². The summed E-state index contributed by atoms with van der Waals surface area (Å²) in [5, 5.41) is 4.28. The van der Waals surface area contributed by atoms with Crippen molar-refractivity contribution in [2.75, 3.05) is 31.1 Å². The zero-order chi connectivity index (χ0) is 17.9. The third-order valence-electron chi connectivity index (χ3n) is 5.05. The second-order valence-corrected chi connectivity index (χ2v) is 6.75. The number of piperazine rings is 1. The molecule has 1 fully saturated rings. The van der Waals surface area contributed by atoms with Gasteiger partial charge in [0.1, 0.15) is 44.2 Å². The molecule has 0 bridgehead atoms. The second-order valence-electron chi connectivity index (χ2n) is 6.75. The number of aromatic amines is 1. The number of aromatic nitrogens is 2. The fourth-order valence-electron chi connectivity index (χ4n) is 3.46. The zero-order valence-corrected chi connectivity index (χ0v) is 14.8. The van der Waals surface area contributed by atoms with Crippen LogP contribution < -0.4 is 14.8 Å². The fourth-order valence-corrected chi connectivity index (χ4v) is 3.46. The molecule has 1 aliphatic rings. The predicted molar refractivity (Wildman–Crippen MR) is 96.2 cm³/mol. The van der Waals surface area contributed by atoms with Crippen molar-refractivity contribution < 1.29 is 18.8 Å². The largest absolute Gasteiger partial charge is 0.356 e. The molecule has 26 heavy (non-hydrogen) atoms. The Morgan fingerprint density at radius 3 is 2.62 bits per heavy atom. The van der Waals surface area contributed by atoms with Crippen molar-refractivity contribution in [2.45, 2.75) is 13.5 Å². The first-order chi connectivity index (χ1) is 12.7. The van der Waals surface area contributed by atoms with E-state index in [4.69, 9.17) is 4.52 Å². The molecule has 0 aliphatic carbocycles. The molecule has 4 rings (SSSR count). The van der Waals surface area contributed by atoms with Crippen molar-refractivity contribution in [2.24, 2.45) is 0 Å². The number of hydrogen-bond donors (Lipinski definition) is 1. The van der Waals surface area contributed by atoms with Gasteiger partial charge < -0.3 is 9.42 Å². The number of halogens is 1. The topological polar surface area (TPSA) is 47.9 Å². The lowest BCUT2D eigenvalue weighted by molar-refractivity contribution is -0.914. The Morgan fingerprint density at radius 2 is 1.92 bits per heavy atom. The molecule has 6 heteroatoms. The van der Waals surface area contributed by atoms with Crippen LogP contribution in [-0.4, -0.2) is 31.3 Å². The van der Waals surface area contributed by atoms with E-state index in [1.807, 2.05) is 19.2 Å². The van der Waals surface area contributed by atoms with Gasteiger partial charge in [-0.3, -0.25) is 4.90 Å². The Morgan fingerprint density at radius 1 is 1.15 bits per heavy atom. The molecule has 1 aromatic carbocycles. The maximum absolute atomic E-state index is 13.1. The minimum Gasteiger partial charge on any atom is -0.356 e. The molecule has 0 radical (unpaired) electrons. The Hall–Kier alpha value is -2.73. The summed E-state index contributed by atoms with van der Waals surface area (Å²) in [5.41, 5.74) is 2.89. The van der Waals surface area contributed by atoms with Crippen LogP contribution in [0.5, 0.6) is 0 Å². The van der Waals surface area contributed by atoms with E-state index in [2.05, 4.69) is 27.2 Å². The fraction of sp³-hybridized carbons (Fsp3) is 0.300. The van der Waals surface area contributed by atoms with E-state index < -0.39 is 0 Å². The lowest BCUT2D eigenvalue weighted by atomic mass is 10.1. The lowest BCUT2D eigenvalue weighted by Crippen LogP contribution is -3.13. The summed E-state index contributed by atoms with van der Waals surface area (Å²) in [7, 11) is 0. The van der Waals surface area contributed by atoms with Crippen LogP contribution in [-0.2, 0) is 6.54 Å². The minimum absolute atomic E-state index is 0.246. The van der Waals surface area contributed by atoms with Gasteiger partial charge in [0.25, 0.3) is 5.82 Å². The van der Waals surface area contributed by atoms with Crippen molar-refractivity contribution in [3.8, 4) is 11.3 Å². The minimum atomic E-state index is -0.246. The van der Waals surface area contributed by atoms with Crippen LogP contribution in [0.1, 0.15) is 11.3 Å². The average Bonchev–Trinajstić information content (AvgIpc) is 3.04. The van der Waals surface area contributed by atoms with Gasteiger partial charge in [0.05, 0.1) is 6.20 Å². The summed E-state index contributed by atoms with van der Waals surface area (Å²) in [4.78, 5) is 7.18. The molecule has 2 N–H and O–H groups in total. The quantitative estimate of drug-likeness (QED) is 0.773. The lowest BCUT2D eigenvalue weighted by Gasteiger charge is -2.27. The highest BCUT2D eigenvalue weighted by atomic mass is 19.1. The van der Waals surface area contributed by atoms with Gasteiger partial charge in [-0.25, -0.2) is 9.37 Å². The van der Waals surface area contributed by atoms with Gasteiger partial charge in [-0.15, -0.1) is 0 Å². The van der Waals surface area contributed by atoms with Crippen molar-refractivity contribution >= 4 is 5.82 Å². The molecular formula is C20H23FN4O+2. The molecule has 3 aromatic rings. The van der Waals surface area contributed by atoms with Gasteiger partial charge in [0.15, 0.2) is 5.76 Å². The van der Waals surface area contributed by atoms with Crippen molar-refractivity contribution in [3.05, 3.63) is 65.7 Å². The highest BCUT2D eigenvalue weighted by Gasteiger charge is 2.27.